The Morgan fingerprint density at radius 1 is 1.22 bits per heavy atom. The fraction of sp³-hybridized carbons (Fsp3) is 0.556. The first-order valence-electron chi connectivity index (χ1n) is 8.52. The van der Waals surface area contributed by atoms with Gasteiger partial charge >= 0.3 is 0 Å². The number of hydrogen-bond donors (Lipinski definition) is 1. The molecular formula is C18H26N3O2+. The summed E-state index contributed by atoms with van der Waals surface area (Å²) in [6.45, 7) is 3.94. The van der Waals surface area contributed by atoms with E-state index >= 15 is 0 Å². The van der Waals surface area contributed by atoms with Crippen LogP contribution in [0.15, 0.2) is 30.3 Å². The molecule has 0 spiro atoms. The molecule has 0 bridgehead atoms. The van der Waals surface area contributed by atoms with E-state index < -0.39 is 0 Å². The zero-order valence-electron chi connectivity index (χ0n) is 13.8. The standard InChI is InChI=1S/C18H25N3O2/c1-13-12-20(9-10-21(13)17(22)15-7-8-15)18(23)16(19)11-14-5-3-2-4-6-14/h2-6,13,15-16H,7-12,19H2,1H3/p+1/t13-,16+/m1/s1. The van der Waals surface area contributed by atoms with Crippen LogP contribution in [-0.4, -0.2) is 53.3 Å². The molecule has 1 aliphatic carbocycles. The fourth-order valence-corrected chi connectivity index (χ4v) is 3.29. The van der Waals surface area contributed by atoms with Crippen molar-refractivity contribution in [1.29, 1.82) is 0 Å². The maximum atomic E-state index is 12.6. The molecule has 1 heterocycles. The van der Waals surface area contributed by atoms with Gasteiger partial charge in [-0.05, 0) is 25.3 Å². The summed E-state index contributed by atoms with van der Waals surface area (Å²) in [5, 5.41) is 0. The minimum absolute atomic E-state index is 0.0965. The molecule has 1 saturated heterocycles. The van der Waals surface area contributed by atoms with Crippen molar-refractivity contribution in [3.8, 4) is 0 Å². The van der Waals surface area contributed by atoms with E-state index in [4.69, 9.17) is 0 Å². The molecule has 1 aliphatic heterocycles. The van der Waals surface area contributed by atoms with Crippen LogP contribution in [0.25, 0.3) is 0 Å². The molecule has 5 nitrogen and oxygen atoms in total. The minimum atomic E-state index is -0.268. The molecule has 0 unspecified atom stereocenters. The fourth-order valence-electron chi connectivity index (χ4n) is 3.29. The first-order chi connectivity index (χ1) is 11.1. The number of hydrogen-bond acceptors (Lipinski definition) is 2. The van der Waals surface area contributed by atoms with E-state index in [0.29, 0.717) is 26.1 Å². The largest absolute Gasteiger partial charge is 0.347 e. The van der Waals surface area contributed by atoms with Crippen LogP contribution in [0.4, 0.5) is 0 Å². The van der Waals surface area contributed by atoms with Gasteiger partial charge in [-0.25, -0.2) is 0 Å². The van der Waals surface area contributed by atoms with E-state index in [1.807, 2.05) is 47.1 Å². The Hall–Kier alpha value is -1.88. The van der Waals surface area contributed by atoms with Gasteiger partial charge in [0, 0.05) is 38.0 Å². The van der Waals surface area contributed by atoms with Crippen molar-refractivity contribution in [3.05, 3.63) is 35.9 Å². The van der Waals surface area contributed by atoms with Crippen molar-refractivity contribution in [2.45, 2.75) is 38.3 Å². The van der Waals surface area contributed by atoms with E-state index in [0.717, 1.165) is 18.4 Å². The monoisotopic (exact) mass is 316 g/mol. The highest BCUT2D eigenvalue weighted by molar-refractivity contribution is 5.83. The van der Waals surface area contributed by atoms with Crippen LogP contribution >= 0.6 is 0 Å². The highest BCUT2D eigenvalue weighted by Crippen LogP contribution is 2.32. The smallest absolute Gasteiger partial charge is 0.281 e. The summed E-state index contributed by atoms with van der Waals surface area (Å²) in [6, 6.07) is 9.83. The summed E-state index contributed by atoms with van der Waals surface area (Å²) >= 11 is 0. The van der Waals surface area contributed by atoms with Gasteiger partial charge in [0.2, 0.25) is 5.91 Å². The van der Waals surface area contributed by atoms with E-state index in [-0.39, 0.29) is 29.8 Å². The van der Waals surface area contributed by atoms with E-state index in [1.165, 1.54) is 0 Å². The van der Waals surface area contributed by atoms with Crippen LogP contribution < -0.4 is 5.73 Å². The second kappa shape index (κ2) is 6.71. The summed E-state index contributed by atoms with van der Waals surface area (Å²) in [5.74, 6) is 0.623. The number of carbonyl (C=O) groups is 2. The Labute approximate surface area is 137 Å². The van der Waals surface area contributed by atoms with Gasteiger partial charge in [-0.1, -0.05) is 30.3 Å². The van der Waals surface area contributed by atoms with Gasteiger partial charge in [-0.3, -0.25) is 9.59 Å². The van der Waals surface area contributed by atoms with E-state index in [9.17, 15) is 9.59 Å². The number of carbonyl (C=O) groups excluding carboxylic acids is 2. The molecule has 1 aromatic carbocycles. The van der Waals surface area contributed by atoms with Crippen LogP contribution in [0, 0.1) is 5.92 Å². The third-order valence-electron chi connectivity index (χ3n) is 4.82. The molecular weight excluding hydrogens is 290 g/mol. The molecule has 2 fully saturated rings. The second-order valence-electron chi connectivity index (χ2n) is 6.83. The molecule has 5 heteroatoms. The number of nitrogens with zero attached hydrogens (tertiary/aromatic N) is 2. The van der Waals surface area contributed by atoms with Crippen LogP contribution in [-0.2, 0) is 16.0 Å². The third kappa shape index (κ3) is 3.72. The van der Waals surface area contributed by atoms with Crippen LogP contribution in [0.3, 0.4) is 0 Å². The predicted molar refractivity (Wildman–Crippen MR) is 87.3 cm³/mol. The molecule has 3 rings (SSSR count). The van der Waals surface area contributed by atoms with Crippen molar-refractivity contribution < 1.29 is 15.3 Å². The summed E-state index contributed by atoms with van der Waals surface area (Å²) in [7, 11) is 0. The maximum Gasteiger partial charge on any atom is 0.281 e. The van der Waals surface area contributed by atoms with Gasteiger partial charge < -0.3 is 15.5 Å². The van der Waals surface area contributed by atoms with E-state index in [1.54, 1.807) is 0 Å². The van der Waals surface area contributed by atoms with Crippen molar-refractivity contribution in [3.63, 3.8) is 0 Å². The Morgan fingerprint density at radius 3 is 2.52 bits per heavy atom. The first-order valence-corrected chi connectivity index (χ1v) is 8.52. The average Bonchev–Trinajstić information content (AvgIpc) is 3.39. The predicted octanol–water partition coefficient (Wildman–Crippen LogP) is 0.309. The number of benzene rings is 1. The average molecular weight is 316 g/mol. The number of rotatable bonds is 4. The summed E-state index contributed by atoms with van der Waals surface area (Å²) in [6.07, 6.45) is 2.72. The summed E-state index contributed by atoms with van der Waals surface area (Å²) in [4.78, 5) is 28.7. The van der Waals surface area contributed by atoms with Crippen molar-refractivity contribution in [2.24, 2.45) is 5.92 Å². The molecule has 124 valence electrons. The molecule has 1 aromatic rings. The lowest BCUT2D eigenvalue weighted by atomic mass is 10.0. The van der Waals surface area contributed by atoms with Gasteiger partial charge in [0.1, 0.15) is 0 Å². The number of quaternary nitrogens is 1. The van der Waals surface area contributed by atoms with Gasteiger partial charge in [0.25, 0.3) is 5.91 Å². The van der Waals surface area contributed by atoms with Gasteiger partial charge in [-0.2, -0.15) is 0 Å². The normalized spacial score (nSPS) is 22.8. The lowest BCUT2D eigenvalue weighted by molar-refractivity contribution is -0.405. The quantitative estimate of drug-likeness (QED) is 0.868. The summed E-state index contributed by atoms with van der Waals surface area (Å²) in [5.41, 5.74) is 5.19. The van der Waals surface area contributed by atoms with Gasteiger partial charge in [0.15, 0.2) is 6.04 Å². The van der Waals surface area contributed by atoms with Crippen LogP contribution in [0.5, 0.6) is 0 Å². The molecule has 0 aromatic heterocycles. The van der Waals surface area contributed by atoms with Gasteiger partial charge in [0.05, 0.1) is 0 Å². The lowest BCUT2D eigenvalue weighted by Crippen LogP contribution is -2.70. The molecule has 3 N–H and O–H groups in total. The molecule has 1 saturated carbocycles. The van der Waals surface area contributed by atoms with Crippen molar-refractivity contribution in [2.75, 3.05) is 19.6 Å². The topological polar surface area (TPSA) is 68.3 Å². The molecule has 2 amide bonds. The Kier molecular flexibility index (Phi) is 4.66. The SMILES string of the molecule is C[C@@H]1CN(C(=O)[C@@H]([NH3+])Cc2ccccc2)CCN1C(=O)C1CC1. The number of amides is 2. The lowest BCUT2D eigenvalue weighted by Gasteiger charge is -2.40. The third-order valence-corrected chi connectivity index (χ3v) is 4.82. The Bertz CT molecular complexity index is 571. The second-order valence-corrected chi connectivity index (χ2v) is 6.83. The molecule has 23 heavy (non-hydrogen) atoms. The Balaban J connectivity index is 1.55. The highest BCUT2D eigenvalue weighted by atomic mass is 16.2. The van der Waals surface area contributed by atoms with Crippen LogP contribution in [0.1, 0.15) is 25.3 Å². The van der Waals surface area contributed by atoms with Crippen LogP contribution in [0.2, 0.25) is 0 Å². The van der Waals surface area contributed by atoms with E-state index in [2.05, 4.69) is 5.73 Å². The minimum Gasteiger partial charge on any atom is -0.347 e. The van der Waals surface area contributed by atoms with Gasteiger partial charge in [-0.15, -0.1) is 0 Å². The van der Waals surface area contributed by atoms with Crippen molar-refractivity contribution in [1.82, 2.24) is 9.80 Å². The zero-order chi connectivity index (χ0) is 16.4. The van der Waals surface area contributed by atoms with Crippen molar-refractivity contribution >= 4 is 11.8 Å². The molecule has 2 aliphatic rings. The first kappa shape index (κ1) is 16.0. The zero-order valence-corrected chi connectivity index (χ0v) is 13.8. The number of piperazine rings is 1. The summed E-state index contributed by atoms with van der Waals surface area (Å²) < 4.78 is 0. The molecule has 2 atom stereocenters. The Morgan fingerprint density at radius 2 is 1.91 bits per heavy atom. The highest BCUT2D eigenvalue weighted by Gasteiger charge is 2.38. The molecule has 0 radical (unpaired) electrons. The maximum absolute atomic E-state index is 12.6.